The van der Waals surface area contributed by atoms with Gasteiger partial charge in [0.15, 0.2) is 0 Å². The number of aliphatic hydroxyl groups is 3. The van der Waals surface area contributed by atoms with Crippen LogP contribution in [0.1, 0.15) is 331 Å². The lowest BCUT2D eigenvalue weighted by Crippen LogP contribution is -2.45. The first kappa shape index (κ1) is 68.2. The number of hydrogen-bond donors (Lipinski definition) is 3. The van der Waals surface area contributed by atoms with Gasteiger partial charge in [-0.15, -0.1) is 0 Å². The van der Waals surface area contributed by atoms with Gasteiger partial charge in [-0.2, -0.15) is 0 Å². The van der Waals surface area contributed by atoms with Crippen molar-refractivity contribution in [2.45, 2.75) is 304 Å². The van der Waals surface area contributed by atoms with Crippen molar-refractivity contribution >= 4 is 11.9 Å². The van der Waals surface area contributed by atoms with Crippen molar-refractivity contribution in [2.24, 2.45) is 5.41 Å². The molecule has 2 rings (SSSR count). The first-order valence-electron chi connectivity index (χ1n) is 30.6. The third-order valence-electron chi connectivity index (χ3n) is 15.4. The molecule has 0 bridgehead atoms. The van der Waals surface area contributed by atoms with Gasteiger partial charge < -0.3 is 29.5 Å². The Labute approximate surface area is 461 Å². The normalized spacial score (nSPS) is 13.1. The monoisotopic (exact) mass is 1050 g/mol. The largest absolute Gasteiger partial charge is 0.484 e. The van der Waals surface area contributed by atoms with Crippen molar-refractivity contribution in [3.8, 4) is 5.75 Å². The molecule has 432 valence electrons. The fourth-order valence-electron chi connectivity index (χ4n) is 10.4. The zero-order valence-electron chi connectivity index (χ0n) is 51.1. The second-order valence-electron chi connectivity index (χ2n) is 26.7. The minimum atomic E-state index is -1.56. The molecule has 2 aromatic rings. The number of rotatable bonds is 39. The van der Waals surface area contributed by atoms with Gasteiger partial charge in [-0.05, 0) is 69.9 Å². The average Bonchev–Trinajstić information content (AvgIpc) is 3.34. The van der Waals surface area contributed by atoms with E-state index in [1.54, 1.807) is 0 Å². The predicted molar refractivity (Wildman–Crippen MR) is 316 cm³/mol. The molecule has 0 saturated heterocycles. The molecule has 0 heterocycles. The Morgan fingerprint density at radius 2 is 0.627 bits per heavy atom. The highest BCUT2D eigenvalue weighted by atomic mass is 16.5. The Kier molecular flexibility index (Phi) is 31.7. The third kappa shape index (κ3) is 24.3. The summed E-state index contributed by atoms with van der Waals surface area (Å²) < 4.78 is 19.4. The van der Waals surface area contributed by atoms with Gasteiger partial charge >= 0.3 is 11.9 Å². The van der Waals surface area contributed by atoms with E-state index in [1.807, 2.05) is 24.3 Å². The van der Waals surface area contributed by atoms with Crippen LogP contribution in [0.25, 0.3) is 0 Å². The molecule has 0 radical (unpaired) electrons. The Morgan fingerprint density at radius 3 is 0.867 bits per heavy atom. The Hall–Kier alpha value is -2.94. The van der Waals surface area contributed by atoms with Gasteiger partial charge in [0.1, 0.15) is 11.9 Å². The van der Waals surface area contributed by atoms with Crippen molar-refractivity contribution in [3.63, 3.8) is 0 Å². The summed E-state index contributed by atoms with van der Waals surface area (Å²) in [5, 5.41) is 34.1. The Balaban J connectivity index is 2.41. The van der Waals surface area contributed by atoms with E-state index >= 15 is 0 Å². The lowest BCUT2D eigenvalue weighted by Gasteiger charge is -2.43. The number of esters is 2. The third-order valence-corrected chi connectivity index (χ3v) is 15.4. The van der Waals surface area contributed by atoms with Crippen LogP contribution in [0.5, 0.6) is 5.75 Å². The molecule has 0 aliphatic heterocycles. The number of ether oxygens (including phenoxy) is 3. The fourth-order valence-corrected chi connectivity index (χ4v) is 10.4. The lowest BCUT2D eigenvalue weighted by molar-refractivity contribution is -0.0761. The van der Waals surface area contributed by atoms with Crippen LogP contribution < -0.4 is 4.74 Å². The zero-order chi connectivity index (χ0) is 56.1. The molecule has 0 saturated carbocycles. The summed E-state index contributed by atoms with van der Waals surface area (Å²) in [4.78, 5) is 28.0. The topological polar surface area (TPSA) is 123 Å². The van der Waals surface area contributed by atoms with Gasteiger partial charge in [0.2, 0.25) is 0 Å². The maximum Gasteiger partial charge on any atom is 0.338 e. The number of hydrogen-bond acceptors (Lipinski definition) is 8. The highest BCUT2D eigenvalue weighted by Crippen LogP contribution is 2.50. The van der Waals surface area contributed by atoms with Gasteiger partial charge in [-0.1, -0.05) is 264 Å². The minimum absolute atomic E-state index is 0.344. The molecule has 0 amide bonds. The number of unbranched alkanes of at least 4 members (excludes halogenated alkanes) is 26. The quantitative estimate of drug-likeness (QED) is 0.0447. The number of carbonyl (C=O) groups excluding carboxylic acids is 2. The van der Waals surface area contributed by atoms with E-state index in [1.165, 1.54) is 141 Å². The van der Waals surface area contributed by atoms with Crippen LogP contribution in [0.2, 0.25) is 0 Å². The summed E-state index contributed by atoms with van der Waals surface area (Å²) in [7, 11) is 0. The lowest BCUT2D eigenvalue weighted by atomic mass is 9.68. The van der Waals surface area contributed by atoms with Crippen molar-refractivity contribution < 1.29 is 39.1 Å². The molecule has 3 N–H and O–H groups in total. The molecule has 2 aromatic carbocycles. The van der Waals surface area contributed by atoms with E-state index in [-0.39, 0.29) is 11.9 Å². The van der Waals surface area contributed by atoms with Crippen LogP contribution in [0, 0.1) is 5.41 Å². The number of aliphatic hydroxyl groups excluding tert-OH is 3. The molecule has 75 heavy (non-hydrogen) atoms. The molecule has 0 aromatic heterocycles. The molecule has 8 heteroatoms. The van der Waals surface area contributed by atoms with Crippen LogP contribution in [0.15, 0.2) is 24.3 Å². The summed E-state index contributed by atoms with van der Waals surface area (Å²) in [6.07, 6.45) is 34.1. The first-order valence-corrected chi connectivity index (χ1v) is 30.6. The van der Waals surface area contributed by atoms with E-state index < -0.39 is 53.0 Å². The zero-order valence-corrected chi connectivity index (χ0v) is 51.1. The Bertz CT molecular complexity index is 1800. The van der Waals surface area contributed by atoms with Gasteiger partial charge in [-0.3, -0.25) is 0 Å². The highest BCUT2D eigenvalue weighted by Gasteiger charge is 2.47. The number of carbonyl (C=O) groups is 2. The smallest absolute Gasteiger partial charge is 0.338 e. The van der Waals surface area contributed by atoms with Crippen molar-refractivity contribution in [3.05, 3.63) is 63.2 Å². The van der Waals surface area contributed by atoms with Crippen LogP contribution in [-0.4, -0.2) is 60.3 Å². The molecule has 1 atom stereocenters. The van der Waals surface area contributed by atoms with E-state index in [0.717, 1.165) is 60.8 Å². The van der Waals surface area contributed by atoms with Crippen LogP contribution in [0.3, 0.4) is 0 Å². The van der Waals surface area contributed by atoms with Crippen LogP contribution in [-0.2, 0) is 31.1 Å². The van der Waals surface area contributed by atoms with E-state index in [2.05, 4.69) is 96.9 Å². The van der Waals surface area contributed by atoms with Gasteiger partial charge in [0, 0.05) is 16.7 Å². The van der Waals surface area contributed by atoms with Gasteiger partial charge in [-0.25, -0.2) is 9.59 Å². The maximum atomic E-state index is 14.1. The first-order chi connectivity index (χ1) is 35.4. The van der Waals surface area contributed by atoms with Crippen molar-refractivity contribution in [2.75, 3.05) is 33.0 Å². The number of benzene rings is 2. The van der Waals surface area contributed by atoms with Gasteiger partial charge in [0.25, 0.3) is 0 Å². The molecule has 8 nitrogen and oxygen atoms in total. The highest BCUT2D eigenvalue weighted by molar-refractivity contribution is 5.91. The van der Waals surface area contributed by atoms with Gasteiger partial charge in [0.05, 0.1) is 49.6 Å². The summed E-state index contributed by atoms with van der Waals surface area (Å²) in [6, 6.07) is 7.52. The van der Waals surface area contributed by atoms with Crippen LogP contribution >= 0.6 is 0 Å². The molecular formula is C67H116O8. The SMILES string of the molecule is CCCCCCCCCCCCCCCCOC(=O)c1cc(C(C)(C)C)c(OC(c2c(C(C)(C)C)cc(C(=O)OCCCCCCCCCCCCCCCC)cc2C(C)(C)C)C(CO)(CO)CO)c(C(C)(C)C)c1. The summed E-state index contributed by atoms with van der Waals surface area (Å²) in [5.41, 5.74) is 0.941. The molecule has 0 fully saturated rings. The summed E-state index contributed by atoms with van der Waals surface area (Å²) in [6.45, 7) is 28.5. The maximum absolute atomic E-state index is 14.1. The van der Waals surface area contributed by atoms with Crippen molar-refractivity contribution in [1.82, 2.24) is 0 Å². The second kappa shape index (κ2) is 34.8. The molecule has 0 spiro atoms. The minimum Gasteiger partial charge on any atom is -0.484 e. The molecule has 0 aliphatic rings. The average molecular weight is 1050 g/mol. The fraction of sp³-hybridized carbons (Fsp3) is 0.791. The van der Waals surface area contributed by atoms with Crippen molar-refractivity contribution in [1.29, 1.82) is 0 Å². The summed E-state index contributed by atoms with van der Waals surface area (Å²) in [5.74, 6) is -0.241. The molecule has 1 unspecified atom stereocenters. The van der Waals surface area contributed by atoms with E-state index in [9.17, 15) is 24.9 Å². The van der Waals surface area contributed by atoms with Crippen LogP contribution in [0.4, 0.5) is 0 Å². The van der Waals surface area contributed by atoms with E-state index in [4.69, 9.17) is 14.2 Å². The van der Waals surface area contributed by atoms with E-state index in [0.29, 0.717) is 35.7 Å². The molecule has 0 aliphatic carbocycles. The molecular weight excluding hydrogens is 933 g/mol. The second-order valence-corrected chi connectivity index (χ2v) is 26.7. The standard InChI is InChI=1S/C67H116O8/c1-15-17-19-21-23-25-27-29-31-33-35-37-39-41-43-73-61(71)52-45-54(63(3,4)5)58(55(46-52)64(6,7)8)60(67(49-68,50-69)51-70)75-59-56(65(9,10)11)47-53(48-57(59)66(12,13)14)62(72)74-44-42-40-38-36-34-32-30-28-26-24-22-20-18-16-2/h45-48,60,68-70H,15-44,49-51H2,1-14H3. The Morgan fingerprint density at radius 1 is 0.387 bits per heavy atom. The predicted octanol–water partition coefficient (Wildman–Crippen LogP) is 18.2. The summed E-state index contributed by atoms with van der Waals surface area (Å²) >= 11 is 0.